The van der Waals surface area contributed by atoms with Gasteiger partial charge < -0.3 is 5.32 Å². The fraction of sp³-hybridized carbons (Fsp3) is 0.467. The van der Waals surface area contributed by atoms with E-state index in [-0.39, 0.29) is 17.9 Å². The predicted octanol–water partition coefficient (Wildman–Crippen LogP) is 2.94. The van der Waals surface area contributed by atoms with E-state index in [2.05, 4.69) is 20.3 Å². The van der Waals surface area contributed by atoms with Crippen LogP contribution >= 0.6 is 11.3 Å². The summed E-state index contributed by atoms with van der Waals surface area (Å²) in [4.78, 5) is 26.1. The molecule has 0 aromatic carbocycles. The topological polar surface area (TPSA) is 67.8 Å². The molecule has 0 radical (unpaired) electrons. The average molecular weight is 302 g/mol. The normalized spacial score (nSPS) is 16.0. The highest BCUT2D eigenvalue weighted by atomic mass is 32.1. The molecule has 0 aliphatic heterocycles. The van der Waals surface area contributed by atoms with Gasteiger partial charge in [0.2, 0.25) is 0 Å². The number of nitrogens with one attached hydrogen (secondary N) is 1. The molecule has 6 heteroatoms. The molecule has 2 heterocycles. The first-order valence-electron chi connectivity index (χ1n) is 7.18. The summed E-state index contributed by atoms with van der Waals surface area (Å²) >= 11 is 1.39. The summed E-state index contributed by atoms with van der Waals surface area (Å²) in [6, 6.07) is 1.69. The molecule has 1 N–H and O–H groups in total. The number of rotatable bonds is 5. The lowest BCUT2D eigenvalue weighted by Crippen LogP contribution is -2.31. The van der Waals surface area contributed by atoms with Crippen LogP contribution in [0.3, 0.4) is 0 Å². The van der Waals surface area contributed by atoms with E-state index < -0.39 is 0 Å². The molecular weight excluding hydrogens is 284 g/mol. The second kappa shape index (κ2) is 5.89. The summed E-state index contributed by atoms with van der Waals surface area (Å²) in [5, 5.41) is 3.10. The highest BCUT2D eigenvalue weighted by Gasteiger charge is 2.36. The first-order chi connectivity index (χ1) is 10.2. The van der Waals surface area contributed by atoms with Crippen molar-refractivity contribution in [3.63, 3.8) is 0 Å². The molecule has 21 heavy (non-hydrogen) atoms. The number of nitrogens with zero attached hydrogens (tertiary/aromatic N) is 3. The van der Waals surface area contributed by atoms with Gasteiger partial charge in [-0.05, 0) is 30.7 Å². The fourth-order valence-corrected chi connectivity index (χ4v) is 3.18. The lowest BCUT2D eigenvalue weighted by Gasteiger charge is -2.16. The molecule has 110 valence electrons. The van der Waals surface area contributed by atoms with Crippen LogP contribution in [-0.4, -0.2) is 20.9 Å². The van der Waals surface area contributed by atoms with Gasteiger partial charge in [0.15, 0.2) is 5.82 Å². The Labute approximate surface area is 127 Å². The number of amides is 1. The summed E-state index contributed by atoms with van der Waals surface area (Å²) in [7, 11) is 0. The van der Waals surface area contributed by atoms with Crippen molar-refractivity contribution in [2.45, 2.75) is 38.6 Å². The molecule has 1 aliphatic carbocycles. The van der Waals surface area contributed by atoms with Crippen LogP contribution in [0.4, 0.5) is 0 Å². The molecule has 3 rings (SSSR count). The van der Waals surface area contributed by atoms with Crippen molar-refractivity contribution in [1.29, 1.82) is 0 Å². The Hall–Kier alpha value is -1.82. The third-order valence-electron chi connectivity index (χ3n) is 3.59. The standard InChI is InChI=1S/C15H18N4OS/c1-9(2)11-13(21-8-18-11)15(20)19-12(10-4-5-10)14-16-6-3-7-17-14/h3,6-10,12H,4-5H2,1-2H3,(H,19,20). The smallest absolute Gasteiger partial charge is 0.263 e. The summed E-state index contributed by atoms with van der Waals surface area (Å²) in [6.45, 7) is 4.09. The number of carbonyl (C=O) groups is 1. The first-order valence-corrected chi connectivity index (χ1v) is 8.06. The van der Waals surface area contributed by atoms with Crippen LogP contribution < -0.4 is 5.32 Å². The van der Waals surface area contributed by atoms with E-state index in [9.17, 15) is 4.79 Å². The lowest BCUT2D eigenvalue weighted by atomic mass is 10.1. The molecule has 5 nitrogen and oxygen atoms in total. The quantitative estimate of drug-likeness (QED) is 0.922. The van der Waals surface area contributed by atoms with Gasteiger partial charge in [-0.15, -0.1) is 11.3 Å². The molecule has 1 unspecified atom stereocenters. The third kappa shape index (κ3) is 3.10. The van der Waals surface area contributed by atoms with Crippen LogP contribution in [0.2, 0.25) is 0 Å². The van der Waals surface area contributed by atoms with Gasteiger partial charge >= 0.3 is 0 Å². The predicted molar refractivity (Wildman–Crippen MR) is 81.2 cm³/mol. The van der Waals surface area contributed by atoms with Gasteiger partial charge in [0.1, 0.15) is 4.88 Å². The number of carbonyl (C=O) groups excluding carboxylic acids is 1. The SMILES string of the molecule is CC(C)c1ncsc1C(=O)NC(c1ncccn1)C1CC1. The molecule has 1 saturated carbocycles. The Balaban J connectivity index is 1.80. The van der Waals surface area contributed by atoms with Crippen molar-refractivity contribution in [1.82, 2.24) is 20.3 Å². The highest BCUT2D eigenvalue weighted by Crippen LogP contribution is 2.40. The molecule has 0 saturated heterocycles. The summed E-state index contributed by atoms with van der Waals surface area (Å²) in [6.07, 6.45) is 5.66. The Morgan fingerprint density at radius 2 is 2.00 bits per heavy atom. The molecule has 1 amide bonds. The monoisotopic (exact) mass is 302 g/mol. The zero-order valence-electron chi connectivity index (χ0n) is 12.1. The summed E-state index contributed by atoms with van der Waals surface area (Å²) in [5.41, 5.74) is 2.59. The molecule has 2 aromatic heterocycles. The maximum Gasteiger partial charge on any atom is 0.263 e. The van der Waals surface area contributed by atoms with Gasteiger partial charge in [-0.2, -0.15) is 0 Å². The van der Waals surface area contributed by atoms with Crippen LogP contribution in [-0.2, 0) is 0 Å². The van der Waals surface area contributed by atoms with E-state index >= 15 is 0 Å². The minimum absolute atomic E-state index is 0.0643. The van der Waals surface area contributed by atoms with Gasteiger partial charge in [0, 0.05) is 12.4 Å². The summed E-state index contributed by atoms with van der Waals surface area (Å²) < 4.78 is 0. The number of hydrogen-bond acceptors (Lipinski definition) is 5. The minimum Gasteiger partial charge on any atom is -0.341 e. The van der Waals surface area contributed by atoms with Crippen molar-refractivity contribution in [3.8, 4) is 0 Å². The fourth-order valence-electron chi connectivity index (χ4n) is 2.34. The van der Waals surface area contributed by atoms with Crippen LogP contribution in [0.25, 0.3) is 0 Å². The maximum absolute atomic E-state index is 12.6. The molecule has 1 aliphatic rings. The van der Waals surface area contributed by atoms with Crippen molar-refractivity contribution in [3.05, 3.63) is 40.4 Å². The second-order valence-corrected chi connectivity index (χ2v) is 6.47. The Bertz CT molecular complexity index is 622. The van der Waals surface area contributed by atoms with Crippen molar-refractivity contribution >= 4 is 17.2 Å². The van der Waals surface area contributed by atoms with Gasteiger partial charge in [-0.1, -0.05) is 13.8 Å². The zero-order chi connectivity index (χ0) is 14.8. The third-order valence-corrected chi connectivity index (χ3v) is 4.43. The van der Waals surface area contributed by atoms with Crippen LogP contribution in [0.1, 0.15) is 59.8 Å². The van der Waals surface area contributed by atoms with Gasteiger partial charge in [-0.3, -0.25) is 4.79 Å². The largest absolute Gasteiger partial charge is 0.341 e. The highest BCUT2D eigenvalue weighted by molar-refractivity contribution is 7.11. The second-order valence-electron chi connectivity index (χ2n) is 5.62. The molecule has 2 aromatic rings. The van der Waals surface area contributed by atoms with Gasteiger partial charge in [-0.25, -0.2) is 15.0 Å². The van der Waals surface area contributed by atoms with E-state index in [1.54, 1.807) is 24.0 Å². The molecule has 1 atom stereocenters. The minimum atomic E-state index is -0.0965. The van der Waals surface area contributed by atoms with E-state index in [0.29, 0.717) is 16.6 Å². The van der Waals surface area contributed by atoms with Gasteiger partial charge in [0.25, 0.3) is 5.91 Å². The van der Waals surface area contributed by atoms with Crippen LogP contribution in [0.15, 0.2) is 24.0 Å². The van der Waals surface area contributed by atoms with Crippen molar-refractivity contribution < 1.29 is 4.79 Å². The number of aromatic nitrogens is 3. The summed E-state index contributed by atoms with van der Waals surface area (Å²) in [5.74, 6) is 1.32. The van der Waals surface area contributed by atoms with Crippen LogP contribution in [0.5, 0.6) is 0 Å². The molecule has 0 spiro atoms. The first kappa shape index (κ1) is 14.1. The molecular formula is C15H18N4OS. The van der Waals surface area contributed by atoms with Crippen molar-refractivity contribution in [2.75, 3.05) is 0 Å². The van der Waals surface area contributed by atoms with E-state index in [1.165, 1.54) is 11.3 Å². The van der Waals surface area contributed by atoms with Crippen LogP contribution in [0, 0.1) is 5.92 Å². The number of hydrogen-bond donors (Lipinski definition) is 1. The zero-order valence-corrected chi connectivity index (χ0v) is 12.9. The van der Waals surface area contributed by atoms with E-state index in [4.69, 9.17) is 0 Å². The lowest BCUT2D eigenvalue weighted by molar-refractivity contribution is 0.0932. The Kier molecular flexibility index (Phi) is 3.96. The van der Waals surface area contributed by atoms with E-state index in [0.717, 1.165) is 18.5 Å². The molecule has 0 bridgehead atoms. The number of thiazole rings is 1. The van der Waals surface area contributed by atoms with Crippen molar-refractivity contribution in [2.24, 2.45) is 5.92 Å². The average Bonchev–Trinajstić information content (AvgIpc) is 3.20. The Morgan fingerprint density at radius 3 is 2.62 bits per heavy atom. The maximum atomic E-state index is 12.6. The van der Waals surface area contributed by atoms with Gasteiger partial charge in [0.05, 0.1) is 17.2 Å². The Morgan fingerprint density at radius 1 is 1.29 bits per heavy atom. The molecule has 1 fully saturated rings. The van der Waals surface area contributed by atoms with E-state index in [1.807, 2.05) is 13.8 Å².